The Morgan fingerprint density at radius 3 is 2.72 bits per heavy atom. The Balaban J connectivity index is 1.76. The van der Waals surface area contributed by atoms with Gasteiger partial charge in [-0.1, -0.05) is 58.4 Å². The zero-order valence-corrected chi connectivity index (χ0v) is 15.4. The number of hydrogen-bond donors (Lipinski definition) is 0. The quantitative estimate of drug-likeness (QED) is 0.661. The predicted molar refractivity (Wildman–Crippen MR) is 99.9 cm³/mol. The monoisotopic (exact) mass is 395 g/mol. The van der Waals surface area contributed by atoms with Crippen LogP contribution in [0.4, 0.5) is 0 Å². The molecule has 2 atom stereocenters. The van der Waals surface area contributed by atoms with Gasteiger partial charge in [-0.2, -0.15) is 0 Å². The molecular weight excluding hydrogens is 378 g/mol. The highest BCUT2D eigenvalue weighted by atomic mass is 79.9. The molecule has 4 rings (SSSR count). The highest BCUT2D eigenvalue weighted by Crippen LogP contribution is 2.34. The molecule has 1 aliphatic heterocycles. The summed E-state index contributed by atoms with van der Waals surface area (Å²) in [5, 5.41) is 0. The van der Waals surface area contributed by atoms with Gasteiger partial charge >= 0.3 is 0 Å². The molecule has 1 amide bonds. The summed E-state index contributed by atoms with van der Waals surface area (Å²) < 4.78 is 2.95. The van der Waals surface area contributed by atoms with E-state index < -0.39 is 0 Å². The van der Waals surface area contributed by atoms with Crippen LogP contribution >= 0.6 is 15.9 Å². The van der Waals surface area contributed by atoms with E-state index in [0.717, 1.165) is 21.3 Å². The van der Waals surface area contributed by atoms with Gasteiger partial charge in [0, 0.05) is 10.7 Å². The van der Waals surface area contributed by atoms with Gasteiger partial charge in [0.2, 0.25) is 0 Å². The van der Waals surface area contributed by atoms with Gasteiger partial charge < -0.3 is 9.47 Å². The first-order chi connectivity index (χ1) is 12.1. The molecule has 1 unspecified atom stereocenters. The predicted octanol–water partition coefficient (Wildman–Crippen LogP) is 4.34. The van der Waals surface area contributed by atoms with E-state index in [1.54, 1.807) is 6.33 Å². The summed E-state index contributed by atoms with van der Waals surface area (Å²) in [4.78, 5) is 19.6. The van der Waals surface area contributed by atoms with Crippen molar-refractivity contribution >= 4 is 21.8 Å². The van der Waals surface area contributed by atoms with Crippen molar-refractivity contribution in [2.75, 3.05) is 0 Å². The van der Waals surface area contributed by atoms with Crippen molar-refractivity contribution < 1.29 is 4.79 Å². The summed E-state index contributed by atoms with van der Waals surface area (Å²) >= 11 is 3.51. The second-order valence-electron chi connectivity index (χ2n) is 6.30. The number of carbonyl (C=O) groups excluding carboxylic acids is 1. The van der Waals surface area contributed by atoms with Crippen LogP contribution in [0, 0.1) is 0 Å². The van der Waals surface area contributed by atoms with Crippen LogP contribution in [0.3, 0.4) is 0 Å². The standard InChI is InChI=1S/C20H18BrN3O/c1-14(15-6-3-2-4-7-15)23-12-18-11-22-13-24(18)19(20(23)25)16-8-5-9-17(21)10-16/h2-11,13-14,19H,12H2,1H3/t14?,19-/m0/s1. The highest BCUT2D eigenvalue weighted by Gasteiger charge is 2.36. The van der Waals surface area contributed by atoms with E-state index in [-0.39, 0.29) is 18.0 Å². The molecule has 0 radical (unpaired) electrons. The smallest absolute Gasteiger partial charge is 0.251 e. The summed E-state index contributed by atoms with van der Waals surface area (Å²) in [6, 6.07) is 17.7. The molecule has 1 aliphatic rings. The molecule has 0 saturated carbocycles. The van der Waals surface area contributed by atoms with Gasteiger partial charge in [0.15, 0.2) is 0 Å². The Bertz CT molecular complexity index is 906. The largest absolute Gasteiger partial charge is 0.328 e. The Kier molecular flexibility index (Phi) is 4.17. The van der Waals surface area contributed by atoms with Crippen LogP contribution in [0.5, 0.6) is 0 Å². The molecule has 0 aliphatic carbocycles. The van der Waals surface area contributed by atoms with E-state index in [4.69, 9.17) is 0 Å². The minimum Gasteiger partial charge on any atom is -0.328 e. The van der Waals surface area contributed by atoms with Crippen LogP contribution in [0.2, 0.25) is 0 Å². The third-order valence-electron chi connectivity index (χ3n) is 4.79. The van der Waals surface area contributed by atoms with Crippen LogP contribution < -0.4 is 0 Å². The fraction of sp³-hybridized carbons (Fsp3) is 0.200. The van der Waals surface area contributed by atoms with Gasteiger partial charge in [0.1, 0.15) is 6.04 Å². The van der Waals surface area contributed by atoms with Gasteiger partial charge in [-0.05, 0) is 30.2 Å². The van der Waals surface area contributed by atoms with Crippen LogP contribution in [0.1, 0.15) is 35.8 Å². The topological polar surface area (TPSA) is 38.1 Å². The van der Waals surface area contributed by atoms with Gasteiger partial charge in [-0.3, -0.25) is 4.79 Å². The number of halogens is 1. The van der Waals surface area contributed by atoms with E-state index in [1.165, 1.54) is 0 Å². The Hall–Kier alpha value is -2.40. The zero-order chi connectivity index (χ0) is 17.4. The van der Waals surface area contributed by atoms with Gasteiger partial charge in [0.25, 0.3) is 5.91 Å². The number of rotatable bonds is 3. The molecular formula is C20H18BrN3O. The minimum atomic E-state index is -0.380. The molecule has 0 fully saturated rings. The second-order valence-corrected chi connectivity index (χ2v) is 7.22. The fourth-order valence-electron chi connectivity index (χ4n) is 3.43. The second kappa shape index (κ2) is 6.48. The van der Waals surface area contributed by atoms with E-state index >= 15 is 0 Å². The number of aromatic nitrogens is 2. The van der Waals surface area contributed by atoms with Gasteiger partial charge in [-0.25, -0.2) is 4.98 Å². The first-order valence-corrected chi connectivity index (χ1v) is 9.06. The SMILES string of the molecule is CC(c1ccccc1)N1Cc2cncn2[C@@H](c2cccc(Br)c2)C1=O. The van der Waals surface area contributed by atoms with Crippen molar-refractivity contribution in [1.29, 1.82) is 0 Å². The van der Waals surface area contributed by atoms with Crippen LogP contribution in [-0.4, -0.2) is 20.4 Å². The summed E-state index contributed by atoms with van der Waals surface area (Å²) in [7, 11) is 0. The maximum Gasteiger partial charge on any atom is 0.251 e. The Morgan fingerprint density at radius 1 is 1.16 bits per heavy atom. The number of benzene rings is 2. The lowest BCUT2D eigenvalue weighted by molar-refractivity contribution is -0.138. The maximum atomic E-state index is 13.4. The summed E-state index contributed by atoms with van der Waals surface area (Å²) in [5.41, 5.74) is 3.15. The summed E-state index contributed by atoms with van der Waals surface area (Å²) in [6.07, 6.45) is 3.60. The average molecular weight is 396 g/mol. The first-order valence-electron chi connectivity index (χ1n) is 8.27. The molecule has 0 N–H and O–H groups in total. The molecule has 2 heterocycles. The first kappa shape index (κ1) is 16.1. The molecule has 0 bridgehead atoms. The van der Waals surface area contributed by atoms with E-state index in [1.807, 2.05) is 58.1 Å². The van der Waals surface area contributed by atoms with E-state index in [0.29, 0.717) is 6.54 Å². The average Bonchev–Trinajstić information content (AvgIpc) is 3.09. The number of imidazole rings is 1. The number of fused-ring (bicyclic) bond motifs is 1. The Labute approximate surface area is 155 Å². The fourth-order valence-corrected chi connectivity index (χ4v) is 3.85. The third kappa shape index (κ3) is 2.89. The van der Waals surface area contributed by atoms with Crippen molar-refractivity contribution in [3.63, 3.8) is 0 Å². The molecule has 126 valence electrons. The van der Waals surface area contributed by atoms with E-state index in [9.17, 15) is 4.79 Å². The van der Waals surface area contributed by atoms with Crippen LogP contribution in [-0.2, 0) is 11.3 Å². The lowest BCUT2D eigenvalue weighted by Crippen LogP contribution is -2.43. The molecule has 3 aromatic rings. The molecule has 2 aromatic carbocycles. The lowest BCUT2D eigenvalue weighted by atomic mass is 9.99. The van der Waals surface area contributed by atoms with Crippen molar-refractivity contribution in [1.82, 2.24) is 14.5 Å². The van der Waals surface area contributed by atoms with Crippen LogP contribution in [0.15, 0.2) is 71.6 Å². The minimum absolute atomic E-state index is 0.00648. The van der Waals surface area contributed by atoms with Crippen molar-refractivity contribution in [2.45, 2.75) is 25.6 Å². The maximum absolute atomic E-state index is 13.4. The third-order valence-corrected chi connectivity index (χ3v) is 5.28. The van der Waals surface area contributed by atoms with E-state index in [2.05, 4.69) is 40.0 Å². The number of carbonyl (C=O) groups is 1. The highest BCUT2D eigenvalue weighted by molar-refractivity contribution is 9.10. The lowest BCUT2D eigenvalue weighted by Gasteiger charge is -2.38. The number of nitrogens with zero attached hydrogens (tertiary/aromatic N) is 3. The number of amides is 1. The number of hydrogen-bond acceptors (Lipinski definition) is 2. The Morgan fingerprint density at radius 2 is 1.96 bits per heavy atom. The molecule has 25 heavy (non-hydrogen) atoms. The zero-order valence-electron chi connectivity index (χ0n) is 13.8. The molecule has 0 spiro atoms. The van der Waals surface area contributed by atoms with Gasteiger partial charge in [-0.15, -0.1) is 0 Å². The normalized spacial score (nSPS) is 18.1. The summed E-state index contributed by atoms with van der Waals surface area (Å²) in [5.74, 6) is 0.0972. The molecule has 0 saturated heterocycles. The van der Waals surface area contributed by atoms with Crippen molar-refractivity contribution in [3.05, 3.63) is 88.4 Å². The van der Waals surface area contributed by atoms with Crippen molar-refractivity contribution in [3.8, 4) is 0 Å². The van der Waals surface area contributed by atoms with Crippen molar-refractivity contribution in [2.24, 2.45) is 0 Å². The molecule has 5 heteroatoms. The van der Waals surface area contributed by atoms with Gasteiger partial charge in [0.05, 0.1) is 24.6 Å². The molecule has 1 aromatic heterocycles. The molecule has 4 nitrogen and oxygen atoms in total. The summed E-state index contributed by atoms with van der Waals surface area (Å²) in [6.45, 7) is 2.65. The van der Waals surface area contributed by atoms with Crippen LogP contribution in [0.25, 0.3) is 0 Å².